The van der Waals surface area contributed by atoms with Crippen LogP contribution in [0.4, 0.5) is 10.5 Å². The van der Waals surface area contributed by atoms with Crippen LogP contribution in [0.5, 0.6) is 5.75 Å². The molecule has 1 aliphatic rings. The van der Waals surface area contributed by atoms with E-state index in [1.165, 1.54) is 24.3 Å². The lowest BCUT2D eigenvalue weighted by molar-refractivity contribution is -0.133. The molecular formula is C21H22N4O5. The first kappa shape index (κ1) is 20.8. The van der Waals surface area contributed by atoms with E-state index in [4.69, 9.17) is 10.5 Å². The van der Waals surface area contributed by atoms with Gasteiger partial charge in [-0.2, -0.15) is 0 Å². The molecule has 30 heavy (non-hydrogen) atoms. The number of amides is 5. The number of nitrogens with two attached hydrogens (primary N) is 1. The summed E-state index contributed by atoms with van der Waals surface area (Å²) >= 11 is 0. The van der Waals surface area contributed by atoms with E-state index >= 15 is 0 Å². The fraction of sp³-hybridized carbons (Fsp3) is 0.238. The van der Waals surface area contributed by atoms with Crippen LogP contribution >= 0.6 is 0 Å². The van der Waals surface area contributed by atoms with Crippen LogP contribution in [0.15, 0.2) is 48.5 Å². The van der Waals surface area contributed by atoms with E-state index in [1.54, 1.807) is 31.2 Å². The molecule has 0 radical (unpaired) electrons. The average Bonchev–Trinajstić information content (AvgIpc) is 2.93. The Hall–Kier alpha value is -3.88. The zero-order valence-corrected chi connectivity index (χ0v) is 16.6. The van der Waals surface area contributed by atoms with Gasteiger partial charge in [-0.25, -0.2) is 4.79 Å². The lowest BCUT2D eigenvalue weighted by Gasteiger charge is -2.22. The molecule has 9 heteroatoms. The average molecular weight is 410 g/mol. The van der Waals surface area contributed by atoms with Gasteiger partial charge in [-0.05, 0) is 55.8 Å². The fourth-order valence-electron chi connectivity index (χ4n) is 3.15. The number of anilines is 1. The van der Waals surface area contributed by atoms with Gasteiger partial charge in [-0.1, -0.05) is 12.1 Å². The fourth-order valence-corrected chi connectivity index (χ4v) is 3.15. The molecule has 1 saturated heterocycles. The Morgan fingerprint density at radius 1 is 1.10 bits per heavy atom. The van der Waals surface area contributed by atoms with Crippen molar-refractivity contribution in [1.82, 2.24) is 10.2 Å². The maximum atomic E-state index is 12.9. The Kier molecular flexibility index (Phi) is 5.72. The zero-order valence-electron chi connectivity index (χ0n) is 16.6. The molecule has 1 atom stereocenters. The first-order valence-electron chi connectivity index (χ1n) is 9.31. The molecule has 0 aromatic heterocycles. The standard InChI is InChI=1S/C21H22N4O5/c1-3-30-16-10-6-14(7-11-16)21(2)19(28)25(20(29)24-21)12-17(26)23-15-8-4-13(5-9-15)18(22)27/h4-11H,3,12H2,1-2H3,(H2,22,27)(H,23,26)(H,24,29). The number of nitrogens with zero attached hydrogens (tertiary/aromatic N) is 1. The van der Waals surface area contributed by atoms with Gasteiger partial charge in [0.1, 0.15) is 17.8 Å². The second-order valence-electron chi connectivity index (χ2n) is 6.89. The van der Waals surface area contributed by atoms with Crippen LogP contribution in [-0.2, 0) is 15.1 Å². The molecule has 9 nitrogen and oxygen atoms in total. The van der Waals surface area contributed by atoms with Crippen molar-refractivity contribution < 1.29 is 23.9 Å². The van der Waals surface area contributed by atoms with Crippen LogP contribution in [0.25, 0.3) is 0 Å². The van der Waals surface area contributed by atoms with Crippen molar-refractivity contribution in [3.05, 3.63) is 59.7 Å². The number of nitrogens with one attached hydrogen (secondary N) is 2. The topological polar surface area (TPSA) is 131 Å². The molecule has 0 spiro atoms. The minimum absolute atomic E-state index is 0.299. The number of imide groups is 1. The number of rotatable bonds is 7. The van der Waals surface area contributed by atoms with Crippen molar-refractivity contribution in [3.8, 4) is 5.75 Å². The predicted octanol–water partition coefficient (Wildman–Crippen LogP) is 1.59. The quantitative estimate of drug-likeness (QED) is 0.597. The van der Waals surface area contributed by atoms with Crippen LogP contribution in [0.2, 0.25) is 0 Å². The van der Waals surface area contributed by atoms with E-state index in [0.717, 1.165) is 4.90 Å². The number of carbonyl (C=O) groups excluding carboxylic acids is 4. The Morgan fingerprint density at radius 3 is 2.30 bits per heavy atom. The largest absolute Gasteiger partial charge is 0.494 e. The third-order valence-corrected chi connectivity index (χ3v) is 4.77. The summed E-state index contributed by atoms with van der Waals surface area (Å²) in [5.41, 5.74) is 5.18. The summed E-state index contributed by atoms with van der Waals surface area (Å²) in [6.45, 7) is 3.52. The van der Waals surface area contributed by atoms with Gasteiger partial charge >= 0.3 is 6.03 Å². The maximum absolute atomic E-state index is 12.9. The zero-order chi connectivity index (χ0) is 21.9. The number of carbonyl (C=O) groups is 4. The molecule has 3 rings (SSSR count). The number of hydrogen-bond donors (Lipinski definition) is 3. The monoisotopic (exact) mass is 410 g/mol. The van der Waals surface area contributed by atoms with E-state index in [2.05, 4.69) is 10.6 Å². The van der Waals surface area contributed by atoms with Crippen molar-refractivity contribution in [1.29, 1.82) is 0 Å². The van der Waals surface area contributed by atoms with Crippen LogP contribution in [0, 0.1) is 0 Å². The molecule has 0 aliphatic carbocycles. The Labute approximate surface area is 173 Å². The summed E-state index contributed by atoms with van der Waals surface area (Å²) in [7, 11) is 0. The van der Waals surface area contributed by atoms with E-state index in [0.29, 0.717) is 29.2 Å². The van der Waals surface area contributed by atoms with Crippen molar-refractivity contribution in [2.75, 3.05) is 18.5 Å². The first-order valence-corrected chi connectivity index (χ1v) is 9.31. The molecule has 1 heterocycles. The second kappa shape index (κ2) is 8.24. The molecular weight excluding hydrogens is 388 g/mol. The predicted molar refractivity (Wildman–Crippen MR) is 109 cm³/mol. The highest BCUT2D eigenvalue weighted by atomic mass is 16.5. The maximum Gasteiger partial charge on any atom is 0.325 e. The molecule has 2 aromatic carbocycles. The van der Waals surface area contributed by atoms with Gasteiger partial charge in [0.2, 0.25) is 11.8 Å². The van der Waals surface area contributed by atoms with Gasteiger partial charge in [0, 0.05) is 11.3 Å². The number of primary amides is 1. The molecule has 1 aliphatic heterocycles. The number of hydrogen-bond acceptors (Lipinski definition) is 5. The van der Waals surface area contributed by atoms with Crippen molar-refractivity contribution in [2.24, 2.45) is 5.73 Å². The number of ether oxygens (including phenoxy) is 1. The molecule has 0 saturated carbocycles. The lowest BCUT2D eigenvalue weighted by atomic mass is 9.92. The molecule has 1 unspecified atom stereocenters. The smallest absolute Gasteiger partial charge is 0.325 e. The normalized spacial score (nSPS) is 18.1. The van der Waals surface area contributed by atoms with Gasteiger partial charge in [-0.3, -0.25) is 19.3 Å². The SMILES string of the molecule is CCOc1ccc(C2(C)NC(=O)N(CC(=O)Nc3ccc(C(N)=O)cc3)C2=O)cc1. The van der Waals surface area contributed by atoms with E-state index in [9.17, 15) is 19.2 Å². The molecule has 0 bridgehead atoms. The van der Waals surface area contributed by atoms with Gasteiger partial charge < -0.3 is 21.1 Å². The summed E-state index contributed by atoms with van der Waals surface area (Å²) in [4.78, 5) is 49.6. The molecule has 1 fully saturated rings. The Balaban J connectivity index is 1.69. The summed E-state index contributed by atoms with van der Waals surface area (Å²) in [5, 5.41) is 5.24. The van der Waals surface area contributed by atoms with Gasteiger partial charge in [0.05, 0.1) is 6.61 Å². The minimum Gasteiger partial charge on any atom is -0.494 e. The third kappa shape index (κ3) is 4.09. The summed E-state index contributed by atoms with van der Waals surface area (Å²) in [6, 6.07) is 12.1. The molecule has 4 N–H and O–H groups in total. The van der Waals surface area contributed by atoms with E-state index in [1.807, 2.05) is 6.92 Å². The highest BCUT2D eigenvalue weighted by Crippen LogP contribution is 2.30. The lowest BCUT2D eigenvalue weighted by Crippen LogP contribution is -2.42. The summed E-state index contributed by atoms with van der Waals surface area (Å²) in [6.07, 6.45) is 0. The molecule has 156 valence electrons. The summed E-state index contributed by atoms with van der Waals surface area (Å²) in [5.74, 6) is -1.02. The van der Waals surface area contributed by atoms with Gasteiger partial charge in [0.15, 0.2) is 0 Å². The van der Waals surface area contributed by atoms with Crippen molar-refractivity contribution >= 4 is 29.4 Å². The highest BCUT2D eigenvalue weighted by molar-refractivity contribution is 6.10. The van der Waals surface area contributed by atoms with Crippen LogP contribution < -0.4 is 21.1 Å². The van der Waals surface area contributed by atoms with E-state index in [-0.39, 0.29) is 0 Å². The summed E-state index contributed by atoms with van der Waals surface area (Å²) < 4.78 is 5.39. The first-order chi connectivity index (χ1) is 14.2. The van der Waals surface area contributed by atoms with Crippen LogP contribution in [0.3, 0.4) is 0 Å². The number of urea groups is 1. The Bertz CT molecular complexity index is 987. The number of benzene rings is 2. The third-order valence-electron chi connectivity index (χ3n) is 4.77. The molecule has 5 amide bonds. The second-order valence-corrected chi connectivity index (χ2v) is 6.89. The van der Waals surface area contributed by atoms with Crippen molar-refractivity contribution in [2.45, 2.75) is 19.4 Å². The van der Waals surface area contributed by atoms with E-state index < -0.39 is 35.8 Å². The van der Waals surface area contributed by atoms with Gasteiger partial charge in [0.25, 0.3) is 5.91 Å². The Morgan fingerprint density at radius 2 is 1.73 bits per heavy atom. The van der Waals surface area contributed by atoms with Crippen molar-refractivity contribution in [3.63, 3.8) is 0 Å². The highest BCUT2D eigenvalue weighted by Gasteiger charge is 2.49. The minimum atomic E-state index is -1.29. The molecule has 2 aromatic rings. The van der Waals surface area contributed by atoms with Gasteiger partial charge in [-0.15, -0.1) is 0 Å². The van der Waals surface area contributed by atoms with Crippen LogP contribution in [0.1, 0.15) is 29.8 Å². The van der Waals surface area contributed by atoms with Crippen LogP contribution in [-0.4, -0.2) is 41.8 Å².